The first-order valence-electron chi connectivity index (χ1n) is 6.09. The lowest BCUT2D eigenvalue weighted by Gasteiger charge is -2.20. The second-order valence-electron chi connectivity index (χ2n) is 4.58. The fourth-order valence-corrected chi connectivity index (χ4v) is 2.14. The molecule has 0 aromatic heterocycles. The summed E-state index contributed by atoms with van der Waals surface area (Å²) >= 11 is 3.40. The van der Waals surface area contributed by atoms with Crippen LogP contribution >= 0.6 is 15.9 Å². The van der Waals surface area contributed by atoms with E-state index in [1.165, 1.54) is 7.11 Å². The Labute approximate surface area is 122 Å². The minimum absolute atomic E-state index is 0.0165. The number of rotatable bonds is 6. The first-order chi connectivity index (χ1) is 8.90. The molecule has 0 unspecified atom stereocenters. The number of carbonyl (C=O) groups excluding carboxylic acids is 1. The van der Waals surface area contributed by atoms with Gasteiger partial charge in [-0.1, -0.05) is 0 Å². The van der Waals surface area contributed by atoms with Gasteiger partial charge in [-0.15, -0.1) is 0 Å². The molecule has 0 aliphatic rings. The normalized spacial score (nSPS) is 10.7. The van der Waals surface area contributed by atoms with E-state index in [0.717, 1.165) is 0 Å². The van der Waals surface area contributed by atoms with Gasteiger partial charge in [0.25, 0.3) is 0 Å². The molecule has 0 heterocycles. The van der Waals surface area contributed by atoms with Gasteiger partial charge in [0.05, 0.1) is 23.8 Å². The van der Waals surface area contributed by atoms with E-state index < -0.39 is 0 Å². The van der Waals surface area contributed by atoms with E-state index in [1.807, 2.05) is 27.7 Å². The molecule has 1 aromatic carbocycles. The summed E-state index contributed by atoms with van der Waals surface area (Å²) in [5.74, 6) is 1.38. The Morgan fingerprint density at radius 1 is 1.11 bits per heavy atom. The van der Waals surface area contributed by atoms with E-state index in [9.17, 15) is 4.79 Å². The van der Waals surface area contributed by atoms with Gasteiger partial charge in [-0.2, -0.15) is 0 Å². The molecule has 0 aliphatic heterocycles. The lowest BCUT2D eigenvalue weighted by Crippen LogP contribution is -2.11. The van der Waals surface area contributed by atoms with Crippen molar-refractivity contribution in [1.82, 2.24) is 0 Å². The summed E-state index contributed by atoms with van der Waals surface area (Å²) in [6.07, 6.45) is 0.655. The molecule has 4 nitrogen and oxygen atoms in total. The number of benzene rings is 1. The predicted octanol–water partition coefficient (Wildman–Crippen LogP) is 3.84. The van der Waals surface area contributed by atoms with Crippen molar-refractivity contribution in [3.63, 3.8) is 0 Å². The molecule has 0 spiro atoms. The molecule has 106 valence electrons. The molecule has 0 bridgehead atoms. The smallest absolute Gasteiger partial charge is 0.175 e. The van der Waals surface area contributed by atoms with E-state index in [-0.39, 0.29) is 12.2 Å². The van der Waals surface area contributed by atoms with Crippen molar-refractivity contribution in [2.24, 2.45) is 0 Å². The second-order valence-corrected chi connectivity index (χ2v) is 5.44. The lowest BCUT2D eigenvalue weighted by molar-refractivity contribution is 0.111. The summed E-state index contributed by atoms with van der Waals surface area (Å²) in [5, 5.41) is 0. The number of halogens is 1. The maximum Gasteiger partial charge on any atom is 0.175 e. The fourth-order valence-electron chi connectivity index (χ4n) is 1.63. The van der Waals surface area contributed by atoms with Gasteiger partial charge in [-0.3, -0.25) is 4.79 Å². The Morgan fingerprint density at radius 2 is 1.68 bits per heavy atom. The summed E-state index contributed by atoms with van der Waals surface area (Å²) in [6, 6.07) is 1.75. The van der Waals surface area contributed by atoms with Crippen molar-refractivity contribution in [3.05, 3.63) is 16.1 Å². The second kappa shape index (κ2) is 6.80. The van der Waals surface area contributed by atoms with Crippen LogP contribution in [0.15, 0.2) is 10.5 Å². The molecule has 0 saturated heterocycles. The van der Waals surface area contributed by atoms with Crippen molar-refractivity contribution < 1.29 is 19.0 Å². The van der Waals surface area contributed by atoms with Crippen LogP contribution in [0.2, 0.25) is 0 Å². The minimum Gasteiger partial charge on any atom is -0.492 e. The third kappa shape index (κ3) is 3.86. The molecule has 0 saturated carbocycles. The number of hydrogen-bond donors (Lipinski definition) is 0. The third-order valence-electron chi connectivity index (χ3n) is 2.23. The highest BCUT2D eigenvalue weighted by molar-refractivity contribution is 9.10. The molecule has 19 heavy (non-hydrogen) atoms. The molecule has 1 aromatic rings. The zero-order chi connectivity index (χ0) is 14.6. The van der Waals surface area contributed by atoms with Crippen molar-refractivity contribution in [1.29, 1.82) is 0 Å². The summed E-state index contributed by atoms with van der Waals surface area (Å²) < 4.78 is 17.3. The van der Waals surface area contributed by atoms with Crippen LogP contribution in [-0.2, 0) is 0 Å². The van der Waals surface area contributed by atoms with E-state index in [0.29, 0.717) is 33.6 Å². The maximum atomic E-state index is 11.3. The van der Waals surface area contributed by atoms with Crippen LogP contribution in [0.25, 0.3) is 0 Å². The van der Waals surface area contributed by atoms with Crippen LogP contribution in [-0.4, -0.2) is 25.6 Å². The predicted molar refractivity (Wildman–Crippen MR) is 77.6 cm³/mol. The maximum absolute atomic E-state index is 11.3. The summed E-state index contributed by atoms with van der Waals surface area (Å²) in [5.41, 5.74) is 0.348. The monoisotopic (exact) mass is 330 g/mol. The Morgan fingerprint density at radius 3 is 2.11 bits per heavy atom. The molecule has 0 radical (unpaired) electrons. The first-order valence-corrected chi connectivity index (χ1v) is 6.89. The number of hydrogen-bond acceptors (Lipinski definition) is 4. The largest absolute Gasteiger partial charge is 0.492 e. The van der Waals surface area contributed by atoms with Gasteiger partial charge >= 0.3 is 0 Å². The average molecular weight is 331 g/mol. The van der Waals surface area contributed by atoms with Crippen LogP contribution in [0.4, 0.5) is 0 Å². The number of aldehydes is 1. The standard InChI is InChI=1S/C14H19BrO4/c1-8(2)18-12-6-11(15)13(19-9(3)4)10(7-16)14(12)17-5/h6-9H,1-5H3. The van der Waals surface area contributed by atoms with Crippen LogP contribution in [0, 0.1) is 0 Å². The van der Waals surface area contributed by atoms with Crippen LogP contribution in [0.1, 0.15) is 38.1 Å². The Balaban J connectivity index is 3.39. The third-order valence-corrected chi connectivity index (χ3v) is 2.82. The number of ether oxygens (including phenoxy) is 3. The quantitative estimate of drug-likeness (QED) is 0.743. The van der Waals surface area contributed by atoms with Crippen LogP contribution in [0.5, 0.6) is 17.2 Å². The zero-order valence-electron chi connectivity index (χ0n) is 11.8. The Hall–Kier alpha value is -1.23. The van der Waals surface area contributed by atoms with Crippen molar-refractivity contribution in [2.75, 3.05) is 7.11 Å². The Kier molecular flexibility index (Phi) is 5.66. The summed E-state index contributed by atoms with van der Waals surface area (Å²) in [7, 11) is 1.50. The molecule has 0 N–H and O–H groups in total. The first kappa shape index (κ1) is 15.8. The highest BCUT2D eigenvalue weighted by atomic mass is 79.9. The molecule has 0 amide bonds. The zero-order valence-corrected chi connectivity index (χ0v) is 13.4. The highest BCUT2D eigenvalue weighted by Gasteiger charge is 2.21. The lowest BCUT2D eigenvalue weighted by atomic mass is 10.1. The van der Waals surface area contributed by atoms with Crippen molar-refractivity contribution in [3.8, 4) is 17.2 Å². The van der Waals surface area contributed by atoms with Gasteiger partial charge in [0.15, 0.2) is 17.8 Å². The van der Waals surface area contributed by atoms with Crippen molar-refractivity contribution >= 4 is 22.2 Å². The number of methoxy groups -OCH3 is 1. The molecule has 0 aliphatic carbocycles. The molecule has 1 rings (SSSR count). The Bertz CT molecular complexity index is 455. The topological polar surface area (TPSA) is 44.8 Å². The number of carbonyl (C=O) groups is 1. The van der Waals surface area contributed by atoms with Gasteiger partial charge in [0, 0.05) is 6.07 Å². The van der Waals surface area contributed by atoms with E-state index in [1.54, 1.807) is 6.07 Å². The van der Waals surface area contributed by atoms with Gasteiger partial charge in [0.1, 0.15) is 11.3 Å². The van der Waals surface area contributed by atoms with E-state index in [4.69, 9.17) is 14.2 Å². The highest BCUT2D eigenvalue weighted by Crippen LogP contribution is 2.42. The van der Waals surface area contributed by atoms with Gasteiger partial charge in [-0.05, 0) is 43.6 Å². The summed E-state index contributed by atoms with van der Waals surface area (Å²) in [4.78, 5) is 11.3. The van der Waals surface area contributed by atoms with Gasteiger partial charge in [0.2, 0.25) is 0 Å². The summed E-state index contributed by atoms with van der Waals surface area (Å²) in [6.45, 7) is 7.61. The molecule has 0 atom stereocenters. The molecular weight excluding hydrogens is 312 g/mol. The van der Waals surface area contributed by atoms with Crippen molar-refractivity contribution in [2.45, 2.75) is 39.9 Å². The fraction of sp³-hybridized carbons (Fsp3) is 0.500. The minimum atomic E-state index is -0.0448. The van der Waals surface area contributed by atoms with E-state index >= 15 is 0 Å². The molecular formula is C14H19BrO4. The van der Waals surface area contributed by atoms with Crippen LogP contribution < -0.4 is 14.2 Å². The van der Waals surface area contributed by atoms with Crippen LogP contribution in [0.3, 0.4) is 0 Å². The molecule has 5 heteroatoms. The van der Waals surface area contributed by atoms with Gasteiger partial charge < -0.3 is 14.2 Å². The van der Waals surface area contributed by atoms with Gasteiger partial charge in [-0.25, -0.2) is 0 Å². The van der Waals surface area contributed by atoms with E-state index in [2.05, 4.69) is 15.9 Å². The average Bonchev–Trinajstić information content (AvgIpc) is 2.30. The SMILES string of the molecule is COc1c(OC(C)C)cc(Br)c(OC(C)C)c1C=O. The molecule has 0 fully saturated rings.